The van der Waals surface area contributed by atoms with Crippen LogP contribution in [0.5, 0.6) is 11.5 Å². The topological polar surface area (TPSA) is 106 Å². The van der Waals surface area contributed by atoms with Crippen LogP contribution in [0.1, 0.15) is 22.8 Å². The van der Waals surface area contributed by atoms with E-state index in [1.165, 1.54) is 24.4 Å². The molecule has 0 spiro atoms. The Morgan fingerprint density at radius 1 is 0.939 bits per heavy atom. The van der Waals surface area contributed by atoms with Crippen LogP contribution in [0.25, 0.3) is 0 Å². The van der Waals surface area contributed by atoms with Crippen LogP contribution >= 0.6 is 0 Å². The number of carbonyl (C=O) groups is 3. The first-order valence-electron chi connectivity index (χ1n) is 9.90. The van der Waals surface area contributed by atoms with Crippen molar-refractivity contribution in [3.63, 3.8) is 0 Å². The zero-order valence-electron chi connectivity index (χ0n) is 17.6. The van der Waals surface area contributed by atoms with E-state index in [1.807, 2.05) is 0 Å². The molecule has 0 aromatic heterocycles. The molecule has 0 bridgehead atoms. The summed E-state index contributed by atoms with van der Waals surface area (Å²) in [6.45, 7) is 2.11. The highest BCUT2D eigenvalue weighted by Gasteiger charge is 2.14. The normalized spacial score (nSPS) is 10.5. The predicted molar refractivity (Wildman–Crippen MR) is 120 cm³/mol. The molecule has 0 atom stereocenters. The second-order valence-corrected chi connectivity index (χ2v) is 6.55. The number of amides is 2. The number of hydrogen-bond acceptors (Lipinski definition) is 6. The zero-order chi connectivity index (χ0) is 23.6. The van der Waals surface area contributed by atoms with Crippen LogP contribution in [0.3, 0.4) is 0 Å². The van der Waals surface area contributed by atoms with Gasteiger partial charge in [0.15, 0.2) is 11.5 Å². The third kappa shape index (κ3) is 6.73. The van der Waals surface area contributed by atoms with Gasteiger partial charge in [-0.3, -0.25) is 9.59 Å². The SMILES string of the molecule is CCOc1cc(/C=N\NC(=O)C(=O)Nc2ccc(F)cc2)ccc1OC(=O)c1ccccc1. The monoisotopic (exact) mass is 449 g/mol. The number of esters is 1. The maximum Gasteiger partial charge on any atom is 0.343 e. The standard InChI is InChI=1S/C24H20FN3O5/c1-2-32-21-14-16(8-13-20(21)33-24(31)17-6-4-3-5-7-17)15-26-28-23(30)22(29)27-19-11-9-18(25)10-12-19/h3-15H,2H2,1H3,(H,27,29)(H,28,30)/b26-15-. The van der Waals surface area contributed by atoms with Crippen molar-refractivity contribution in [1.82, 2.24) is 5.43 Å². The molecule has 0 aliphatic rings. The fourth-order valence-electron chi connectivity index (χ4n) is 2.63. The molecule has 3 rings (SSSR count). The van der Waals surface area contributed by atoms with Crippen molar-refractivity contribution in [3.8, 4) is 11.5 Å². The molecule has 0 saturated heterocycles. The lowest BCUT2D eigenvalue weighted by Crippen LogP contribution is -2.32. The van der Waals surface area contributed by atoms with Gasteiger partial charge in [-0.05, 0) is 67.1 Å². The lowest BCUT2D eigenvalue weighted by molar-refractivity contribution is -0.136. The van der Waals surface area contributed by atoms with E-state index >= 15 is 0 Å². The molecule has 0 radical (unpaired) electrons. The molecule has 2 amide bonds. The Labute approximate surface area is 189 Å². The van der Waals surface area contributed by atoms with Crippen LogP contribution in [-0.2, 0) is 9.59 Å². The van der Waals surface area contributed by atoms with E-state index in [0.717, 1.165) is 12.1 Å². The van der Waals surface area contributed by atoms with E-state index in [1.54, 1.807) is 49.4 Å². The van der Waals surface area contributed by atoms with Crippen LogP contribution in [0, 0.1) is 5.82 Å². The largest absolute Gasteiger partial charge is 0.490 e. The Bertz CT molecular complexity index is 1160. The summed E-state index contributed by atoms with van der Waals surface area (Å²) < 4.78 is 23.9. The van der Waals surface area contributed by atoms with E-state index in [2.05, 4.69) is 15.8 Å². The van der Waals surface area contributed by atoms with Gasteiger partial charge in [-0.2, -0.15) is 5.10 Å². The Kier molecular flexibility index (Phi) is 7.85. The maximum atomic E-state index is 12.9. The van der Waals surface area contributed by atoms with E-state index in [0.29, 0.717) is 23.5 Å². The molecule has 3 aromatic carbocycles. The number of hydrazone groups is 1. The molecule has 33 heavy (non-hydrogen) atoms. The highest BCUT2D eigenvalue weighted by atomic mass is 19.1. The van der Waals surface area contributed by atoms with Crippen molar-refractivity contribution in [3.05, 3.63) is 89.7 Å². The van der Waals surface area contributed by atoms with Gasteiger partial charge < -0.3 is 14.8 Å². The number of anilines is 1. The summed E-state index contributed by atoms with van der Waals surface area (Å²) in [4.78, 5) is 36.1. The third-order valence-corrected chi connectivity index (χ3v) is 4.17. The van der Waals surface area contributed by atoms with Crippen LogP contribution in [-0.4, -0.2) is 30.6 Å². The van der Waals surface area contributed by atoms with Crippen molar-refractivity contribution in [2.75, 3.05) is 11.9 Å². The van der Waals surface area contributed by atoms with Crippen molar-refractivity contribution >= 4 is 29.7 Å². The highest BCUT2D eigenvalue weighted by molar-refractivity contribution is 6.39. The summed E-state index contributed by atoms with van der Waals surface area (Å²) in [5.74, 6) is -2.42. The quantitative estimate of drug-likeness (QED) is 0.189. The number of nitrogens with one attached hydrogen (secondary N) is 2. The maximum absolute atomic E-state index is 12.9. The van der Waals surface area contributed by atoms with Crippen molar-refractivity contribution in [2.45, 2.75) is 6.92 Å². The Hall–Kier alpha value is -4.53. The van der Waals surface area contributed by atoms with Crippen LogP contribution in [0.2, 0.25) is 0 Å². The number of benzene rings is 3. The number of halogens is 1. The minimum Gasteiger partial charge on any atom is -0.490 e. The summed E-state index contributed by atoms with van der Waals surface area (Å²) >= 11 is 0. The minimum atomic E-state index is -1.01. The number of ether oxygens (including phenoxy) is 2. The molecule has 0 fully saturated rings. The lowest BCUT2D eigenvalue weighted by atomic mass is 10.2. The van der Waals surface area contributed by atoms with Crippen molar-refractivity contribution < 1.29 is 28.2 Å². The van der Waals surface area contributed by atoms with Gasteiger partial charge in [-0.1, -0.05) is 18.2 Å². The second kappa shape index (κ2) is 11.2. The first-order valence-corrected chi connectivity index (χ1v) is 9.90. The molecule has 0 unspecified atom stereocenters. The third-order valence-electron chi connectivity index (χ3n) is 4.17. The van der Waals surface area contributed by atoms with E-state index < -0.39 is 23.6 Å². The van der Waals surface area contributed by atoms with Gasteiger partial charge in [0, 0.05) is 5.69 Å². The molecule has 168 valence electrons. The Morgan fingerprint density at radius 3 is 2.36 bits per heavy atom. The second-order valence-electron chi connectivity index (χ2n) is 6.55. The van der Waals surface area contributed by atoms with E-state index in [9.17, 15) is 18.8 Å². The summed E-state index contributed by atoms with van der Waals surface area (Å²) in [6.07, 6.45) is 1.30. The lowest BCUT2D eigenvalue weighted by Gasteiger charge is -2.11. The summed E-state index contributed by atoms with van der Waals surface area (Å²) in [5.41, 5.74) is 3.29. The van der Waals surface area contributed by atoms with Gasteiger partial charge in [0.05, 0.1) is 18.4 Å². The number of hydrogen-bond donors (Lipinski definition) is 2. The molecule has 0 aliphatic carbocycles. The average molecular weight is 449 g/mol. The summed E-state index contributed by atoms with van der Waals surface area (Å²) in [5, 5.41) is 6.07. The van der Waals surface area contributed by atoms with Gasteiger partial charge in [0.1, 0.15) is 5.82 Å². The van der Waals surface area contributed by atoms with Gasteiger partial charge >= 0.3 is 17.8 Å². The van der Waals surface area contributed by atoms with Gasteiger partial charge in [-0.15, -0.1) is 0 Å². The molecule has 3 aromatic rings. The van der Waals surface area contributed by atoms with E-state index in [4.69, 9.17) is 9.47 Å². The van der Waals surface area contributed by atoms with Crippen molar-refractivity contribution in [2.24, 2.45) is 5.10 Å². The van der Waals surface area contributed by atoms with Gasteiger partial charge in [-0.25, -0.2) is 14.6 Å². The first kappa shape index (κ1) is 23.1. The van der Waals surface area contributed by atoms with E-state index in [-0.39, 0.29) is 11.4 Å². The van der Waals surface area contributed by atoms with Crippen LogP contribution in [0.4, 0.5) is 10.1 Å². The molecule has 2 N–H and O–H groups in total. The molecule has 9 heteroatoms. The zero-order valence-corrected chi connectivity index (χ0v) is 17.6. The summed E-state index contributed by atoms with van der Waals surface area (Å²) in [7, 11) is 0. The summed E-state index contributed by atoms with van der Waals surface area (Å²) in [6, 6.07) is 18.2. The first-order chi connectivity index (χ1) is 16.0. The predicted octanol–water partition coefficient (Wildman–Crippen LogP) is 3.53. The molecule has 0 saturated carbocycles. The Balaban J connectivity index is 1.62. The molecule has 0 heterocycles. The van der Waals surface area contributed by atoms with Crippen LogP contribution < -0.4 is 20.2 Å². The molecule has 0 aliphatic heterocycles. The van der Waals surface area contributed by atoms with Gasteiger partial charge in [0.2, 0.25) is 0 Å². The van der Waals surface area contributed by atoms with Crippen molar-refractivity contribution in [1.29, 1.82) is 0 Å². The smallest absolute Gasteiger partial charge is 0.343 e. The fourth-order valence-corrected chi connectivity index (χ4v) is 2.63. The minimum absolute atomic E-state index is 0.227. The Morgan fingerprint density at radius 2 is 1.67 bits per heavy atom. The molecular weight excluding hydrogens is 429 g/mol. The average Bonchev–Trinajstić information content (AvgIpc) is 2.82. The molecular formula is C24H20FN3O5. The fraction of sp³-hybridized carbons (Fsp3) is 0.0833. The van der Waals surface area contributed by atoms with Crippen LogP contribution in [0.15, 0.2) is 77.9 Å². The number of rotatable bonds is 7. The molecule has 8 nitrogen and oxygen atoms in total. The number of carbonyl (C=O) groups excluding carboxylic acids is 3. The number of nitrogens with zero attached hydrogens (tertiary/aromatic N) is 1. The van der Waals surface area contributed by atoms with Gasteiger partial charge in [0.25, 0.3) is 0 Å². The highest BCUT2D eigenvalue weighted by Crippen LogP contribution is 2.29.